The molecule has 2 aromatic rings. The van der Waals surface area contributed by atoms with Crippen molar-refractivity contribution in [3.8, 4) is 0 Å². The molecule has 0 bridgehead atoms. The summed E-state index contributed by atoms with van der Waals surface area (Å²) in [5.74, 6) is 1.23. The molecule has 0 atom stereocenters. The van der Waals surface area contributed by atoms with Crippen LogP contribution < -0.4 is 5.32 Å². The number of nitrogens with one attached hydrogen (secondary N) is 1. The van der Waals surface area contributed by atoms with Gasteiger partial charge in [-0.25, -0.2) is 9.97 Å². The summed E-state index contributed by atoms with van der Waals surface area (Å²) in [6, 6.07) is 8.00. The lowest BCUT2D eigenvalue weighted by Gasteiger charge is -2.30. The number of anilines is 2. The number of piperidine rings is 1. The van der Waals surface area contributed by atoms with Crippen molar-refractivity contribution < 1.29 is 4.79 Å². The molecule has 1 aromatic heterocycles. The van der Waals surface area contributed by atoms with Crippen molar-refractivity contribution >= 4 is 17.5 Å². The third-order valence-corrected chi connectivity index (χ3v) is 4.24. The number of hydrogen-bond donors (Lipinski definition) is 1. The molecule has 1 amide bonds. The molecular weight excluding hydrogens is 288 g/mol. The summed E-state index contributed by atoms with van der Waals surface area (Å²) >= 11 is 0. The van der Waals surface area contributed by atoms with Gasteiger partial charge < -0.3 is 10.2 Å². The summed E-state index contributed by atoms with van der Waals surface area (Å²) in [6.07, 6.45) is 5.34. The molecule has 0 saturated carbocycles. The molecule has 0 radical (unpaired) electrons. The lowest BCUT2D eigenvalue weighted by molar-refractivity contribution is 0.0696. The van der Waals surface area contributed by atoms with Gasteiger partial charge >= 0.3 is 0 Å². The van der Waals surface area contributed by atoms with E-state index in [1.165, 1.54) is 5.56 Å². The minimum absolute atomic E-state index is 0.0269. The fourth-order valence-electron chi connectivity index (χ4n) is 2.75. The highest BCUT2D eigenvalue weighted by molar-refractivity contribution is 5.93. The Kier molecular flexibility index (Phi) is 4.55. The maximum atomic E-state index is 12.4. The molecule has 23 heavy (non-hydrogen) atoms. The number of likely N-dealkylation sites (tertiary alicyclic amines) is 1. The highest BCUT2D eigenvalue weighted by atomic mass is 16.2. The monoisotopic (exact) mass is 310 g/mol. The molecule has 5 heteroatoms. The second-order valence-electron chi connectivity index (χ2n) is 6.26. The van der Waals surface area contributed by atoms with Crippen molar-refractivity contribution in [1.82, 2.24) is 14.9 Å². The molecule has 1 saturated heterocycles. The third-order valence-electron chi connectivity index (χ3n) is 4.24. The minimum Gasteiger partial charge on any atom is -0.339 e. The summed E-state index contributed by atoms with van der Waals surface area (Å²) in [7, 11) is 0. The maximum absolute atomic E-state index is 12.4. The summed E-state index contributed by atoms with van der Waals surface area (Å²) in [5.41, 5.74) is 2.66. The number of benzene rings is 1. The average molecular weight is 310 g/mol. The average Bonchev–Trinajstić information content (AvgIpc) is 2.56. The Bertz CT molecular complexity index is 676. The molecule has 0 spiro atoms. The number of carbonyl (C=O) groups excluding carboxylic acids is 1. The van der Waals surface area contributed by atoms with E-state index in [1.54, 1.807) is 12.4 Å². The highest BCUT2D eigenvalue weighted by Gasteiger charge is 2.21. The first-order chi connectivity index (χ1) is 11.1. The zero-order chi connectivity index (χ0) is 16.2. The number of aryl methyl sites for hydroxylation is 1. The van der Waals surface area contributed by atoms with Crippen LogP contribution >= 0.6 is 0 Å². The van der Waals surface area contributed by atoms with Crippen LogP contribution in [0.15, 0.2) is 36.7 Å². The first-order valence-electron chi connectivity index (χ1n) is 8.07. The van der Waals surface area contributed by atoms with Gasteiger partial charge in [-0.1, -0.05) is 19.1 Å². The van der Waals surface area contributed by atoms with E-state index in [0.717, 1.165) is 31.6 Å². The van der Waals surface area contributed by atoms with Crippen molar-refractivity contribution in [2.45, 2.75) is 26.7 Å². The standard InChI is InChI=1S/C18H22N4O/c1-13-6-8-22(9-7-13)17(23)15-11-19-18(20-12-15)21-16-5-3-4-14(2)10-16/h3-5,10-13H,6-9H2,1-2H3,(H,19,20,21). The van der Waals surface area contributed by atoms with Crippen molar-refractivity contribution in [2.75, 3.05) is 18.4 Å². The first-order valence-corrected chi connectivity index (χ1v) is 8.07. The van der Waals surface area contributed by atoms with Crippen molar-refractivity contribution in [3.63, 3.8) is 0 Å². The lowest BCUT2D eigenvalue weighted by atomic mass is 9.99. The van der Waals surface area contributed by atoms with Gasteiger partial charge in [-0.2, -0.15) is 0 Å². The Balaban J connectivity index is 1.66. The number of hydrogen-bond acceptors (Lipinski definition) is 4. The van der Waals surface area contributed by atoms with E-state index >= 15 is 0 Å². The molecule has 1 aromatic carbocycles. The quantitative estimate of drug-likeness (QED) is 0.944. The molecule has 3 rings (SSSR count). The van der Waals surface area contributed by atoms with Crippen LogP contribution in [-0.4, -0.2) is 33.9 Å². The summed E-state index contributed by atoms with van der Waals surface area (Å²) in [6.45, 7) is 5.91. The van der Waals surface area contributed by atoms with Gasteiger partial charge in [0, 0.05) is 31.2 Å². The van der Waals surface area contributed by atoms with Crippen LogP contribution in [0.5, 0.6) is 0 Å². The molecule has 2 heterocycles. The molecule has 5 nitrogen and oxygen atoms in total. The topological polar surface area (TPSA) is 58.1 Å². The Morgan fingerprint density at radius 3 is 2.57 bits per heavy atom. The molecule has 0 aliphatic carbocycles. The van der Waals surface area contributed by atoms with Crippen LogP contribution in [0, 0.1) is 12.8 Å². The van der Waals surface area contributed by atoms with Crippen LogP contribution in [0.2, 0.25) is 0 Å². The number of nitrogens with zero attached hydrogens (tertiary/aromatic N) is 3. The normalized spacial score (nSPS) is 15.5. The molecule has 120 valence electrons. The van der Waals surface area contributed by atoms with Crippen molar-refractivity contribution in [3.05, 3.63) is 47.8 Å². The van der Waals surface area contributed by atoms with Gasteiger partial charge in [0.2, 0.25) is 5.95 Å². The van der Waals surface area contributed by atoms with E-state index < -0.39 is 0 Å². The van der Waals surface area contributed by atoms with E-state index in [1.807, 2.05) is 36.1 Å². The number of carbonyl (C=O) groups is 1. The zero-order valence-corrected chi connectivity index (χ0v) is 13.6. The first kappa shape index (κ1) is 15.5. The predicted molar refractivity (Wildman–Crippen MR) is 90.8 cm³/mol. The number of aromatic nitrogens is 2. The number of amides is 1. The van der Waals surface area contributed by atoms with E-state index in [0.29, 0.717) is 17.4 Å². The van der Waals surface area contributed by atoms with Crippen LogP contribution in [-0.2, 0) is 0 Å². The van der Waals surface area contributed by atoms with Crippen LogP contribution in [0.3, 0.4) is 0 Å². The lowest BCUT2D eigenvalue weighted by Crippen LogP contribution is -2.38. The van der Waals surface area contributed by atoms with Crippen LogP contribution in [0.4, 0.5) is 11.6 Å². The van der Waals surface area contributed by atoms with Gasteiger partial charge in [0.25, 0.3) is 5.91 Å². The predicted octanol–water partition coefficient (Wildman–Crippen LogP) is 3.40. The highest BCUT2D eigenvalue weighted by Crippen LogP contribution is 2.18. The van der Waals surface area contributed by atoms with Crippen molar-refractivity contribution in [1.29, 1.82) is 0 Å². The number of rotatable bonds is 3. The molecule has 1 aliphatic rings. The largest absolute Gasteiger partial charge is 0.339 e. The van der Waals surface area contributed by atoms with E-state index in [4.69, 9.17) is 0 Å². The smallest absolute Gasteiger partial charge is 0.256 e. The SMILES string of the molecule is Cc1cccc(Nc2ncc(C(=O)N3CCC(C)CC3)cn2)c1. The van der Waals surface area contributed by atoms with Gasteiger partial charge in [0.05, 0.1) is 5.56 Å². The molecule has 0 unspecified atom stereocenters. The molecule has 1 N–H and O–H groups in total. The molecular formula is C18H22N4O. The summed E-state index contributed by atoms with van der Waals surface area (Å²) in [4.78, 5) is 22.9. The second-order valence-corrected chi connectivity index (χ2v) is 6.26. The zero-order valence-electron chi connectivity index (χ0n) is 13.6. The third kappa shape index (κ3) is 3.86. The molecule has 1 fully saturated rings. The summed E-state index contributed by atoms with van der Waals surface area (Å²) in [5, 5.41) is 3.15. The minimum atomic E-state index is 0.0269. The Hall–Kier alpha value is -2.43. The Morgan fingerprint density at radius 1 is 1.22 bits per heavy atom. The summed E-state index contributed by atoms with van der Waals surface area (Å²) < 4.78 is 0. The maximum Gasteiger partial charge on any atom is 0.256 e. The van der Waals surface area contributed by atoms with E-state index in [-0.39, 0.29) is 5.91 Å². The van der Waals surface area contributed by atoms with Gasteiger partial charge in [-0.15, -0.1) is 0 Å². The fraction of sp³-hybridized carbons (Fsp3) is 0.389. The van der Waals surface area contributed by atoms with Crippen LogP contribution in [0.1, 0.15) is 35.7 Å². The molecule has 1 aliphatic heterocycles. The van der Waals surface area contributed by atoms with Gasteiger partial charge in [-0.05, 0) is 43.4 Å². The Morgan fingerprint density at radius 2 is 1.91 bits per heavy atom. The van der Waals surface area contributed by atoms with Gasteiger partial charge in [0.15, 0.2) is 0 Å². The van der Waals surface area contributed by atoms with E-state index in [2.05, 4.69) is 22.2 Å². The fourth-order valence-corrected chi connectivity index (χ4v) is 2.75. The van der Waals surface area contributed by atoms with E-state index in [9.17, 15) is 4.79 Å². The van der Waals surface area contributed by atoms with Crippen LogP contribution in [0.25, 0.3) is 0 Å². The Labute approximate surface area is 136 Å². The second kappa shape index (κ2) is 6.77. The van der Waals surface area contributed by atoms with Gasteiger partial charge in [0.1, 0.15) is 0 Å². The van der Waals surface area contributed by atoms with Gasteiger partial charge in [-0.3, -0.25) is 4.79 Å². The van der Waals surface area contributed by atoms with Crippen molar-refractivity contribution in [2.24, 2.45) is 5.92 Å².